The lowest BCUT2D eigenvalue weighted by molar-refractivity contribution is -0.164. The van der Waals surface area contributed by atoms with Gasteiger partial charge in [0, 0.05) is 5.56 Å². The summed E-state index contributed by atoms with van der Waals surface area (Å²) in [6.45, 7) is 7.34. The molecule has 0 bridgehead atoms. The number of ether oxygens (including phenoxy) is 1. The van der Waals surface area contributed by atoms with Crippen molar-refractivity contribution in [1.82, 2.24) is 0 Å². The minimum atomic E-state index is -1.84. The molecule has 106 valence electrons. The van der Waals surface area contributed by atoms with Crippen molar-refractivity contribution in [3.05, 3.63) is 29.3 Å². The Labute approximate surface area is 114 Å². The molecule has 0 aromatic heterocycles. The quantitative estimate of drug-likeness (QED) is 0.803. The lowest BCUT2D eigenvalue weighted by atomic mass is 9.92. The van der Waals surface area contributed by atoms with Crippen LogP contribution in [0.1, 0.15) is 38.8 Å². The smallest absolute Gasteiger partial charge is 0.342 e. The van der Waals surface area contributed by atoms with E-state index in [2.05, 4.69) is 13.8 Å². The summed E-state index contributed by atoms with van der Waals surface area (Å²) in [5.41, 5.74) is -0.703. The van der Waals surface area contributed by atoms with Crippen molar-refractivity contribution < 1.29 is 19.7 Å². The van der Waals surface area contributed by atoms with Gasteiger partial charge in [-0.25, -0.2) is 4.79 Å². The zero-order valence-corrected chi connectivity index (χ0v) is 11.9. The van der Waals surface area contributed by atoms with Crippen LogP contribution in [-0.2, 0) is 21.6 Å². The van der Waals surface area contributed by atoms with E-state index in [0.29, 0.717) is 5.92 Å². The summed E-state index contributed by atoms with van der Waals surface area (Å²) in [7, 11) is 0. The number of carbonyl (C=O) groups is 1. The number of aromatic hydroxyl groups is 1. The van der Waals surface area contributed by atoms with Crippen LogP contribution in [0.3, 0.4) is 0 Å². The van der Waals surface area contributed by atoms with Crippen molar-refractivity contribution in [1.29, 1.82) is 0 Å². The fourth-order valence-electron chi connectivity index (χ4n) is 1.97. The van der Waals surface area contributed by atoms with Crippen LogP contribution in [0.4, 0.5) is 0 Å². The lowest BCUT2D eigenvalue weighted by Crippen LogP contribution is -2.34. The van der Waals surface area contributed by atoms with E-state index < -0.39 is 11.6 Å². The molecule has 0 spiro atoms. The normalized spacial score (nSPS) is 14.2. The average Bonchev–Trinajstić information content (AvgIpc) is 2.28. The molecule has 0 saturated heterocycles. The number of benzene rings is 1. The molecule has 1 aromatic carbocycles. The number of hydrogen-bond donors (Lipinski definition) is 2. The topological polar surface area (TPSA) is 66.8 Å². The molecule has 0 fully saturated rings. The summed E-state index contributed by atoms with van der Waals surface area (Å²) >= 11 is 0. The van der Waals surface area contributed by atoms with Crippen LogP contribution >= 0.6 is 0 Å². The Kier molecular flexibility index (Phi) is 4.95. The molecule has 0 saturated carbocycles. The van der Waals surface area contributed by atoms with Crippen molar-refractivity contribution in [2.24, 2.45) is 5.92 Å². The van der Waals surface area contributed by atoms with E-state index in [1.165, 1.54) is 6.92 Å². The second-order valence-corrected chi connectivity index (χ2v) is 5.24. The Bertz CT molecular complexity index is 449. The van der Waals surface area contributed by atoms with Crippen LogP contribution in [0, 0.1) is 5.92 Å². The number of rotatable bonds is 5. The van der Waals surface area contributed by atoms with Gasteiger partial charge >= 0.3 is 5.97 Å². The molecule has 19 heavy (non-hydrogen) atoms. The fourth-order valence-corrected chi connectivity index (χ4v) is 1.97. The van der Waals surface area contributed by atoms with E-state index in [9.17, 15) is 15.0 Å². The highest BCUT2D eigenvalue weighted by Gasteiger charge is 2.36. The molecule has 4 nitrogen and oxygen atoms in total. The zero-order valence-electron chi connectivity index (χ0n) is 11.9. The molecule has 0 amide bonds. The van der Waals surface area contributed by atoms with Crippen LogP contribution in [0.25, 0.3) is 0 Å². The standard InChI is InChI=1S/C15H22O4/c1-5-19-14(17)15(4,18)12-7-6-11(8-10(2)3)9-13(12)16/h6-7,9-10,16,18H,5,8H2,1-4H3. The number of aliphatic hydroxyl groups is 1. The molecule has 0 aliphatic carbocycles. The third-order valence-corrected chi connectivity index (χ3v) is 2.90. The number of carbonyl (C=O) groups excluding carboxylic acids is 1. The second-order valence-electron chi connectivity index (χ2n) is 5.24. The van der Waals surface area contributed by atoms with Gasteiger partial charge < -0.3 is 14.9 Å². The van der Waals surface area contributed by atoms with Crippen molar-refractivity contribution in [3.63, 3.8) is 0 Å². The van der Waals surface area contributed by atoms with E-state index in [1.807, 2.05) is 6.07 Å². The van der Waals surface area contributed by atoms with Gasteiger partial charge in [0.15, 0.2) is 5.60 Å². The van der Waals surface area contributed by atoms with Gasteiger partial charge in [-0.3, -0.25) is 0 Å². The van der Waals surface area contributed by atoms with E-state index in [0.717, 1.165) is 12.0 Å². The van der Waals surface area contributed by atoms with Gasteiger partial charge in [0.1, 0.15) is 5.75 Å². The first kappa shape index (κ1) is 15.5. The summed E-state index contributed by atoms with van der Waals surface area (Å²) in [4.78, 5) is 11.7. The van der Waals surface area contributed by atoms with Crippen LogP contribution in [0.5, 0.6) is 5.75 Å². The number of phenols is 1. The Hall–Kier alpha value is -1.55. The summed E-state index contributed by atoms with van der Waals surface area (Å²) < 4.78 is 4.81. The maximum Gasteiger partial charge on any atom is 0.342 e. The summed E-state index contributed by atoms with van der Waals surface area (Å²) in [5, 5.41) is 20.2. The van der Waals surface area contributed by atoms with Gasteiger partial charge in [-0.05, 0) is 37.8 Å². The van der Waals surface area contributed by atoms with E-state index in [1.54, 1.807) is 19.1 Å². The molecule has 4 heteroatoms. The predicted molar refractivity (Wildman–Crippen MR) is 72.9 cm³/mol. The zero-order chi connectivity index (χ0) is 14.6. The first-order valence-corrected chi connectivity index (χ1v) is 6.51. The van der Waals surface area contributed by atoms with Gasteiger partial charge in [0.05, 0.1) is 6.61 Å². The van der Waals surface area contributed by atoms with E-state index >= 15 is 0 Å². The molecule has 0 radical (unpaired) electrons. The van der Waals surface area contributed by atoms with Crippen molar-refractivity contribution in [2.75, 3.05) is 6.61 Å². The third-order valence-electron chi connectivity index (χ3n) is 2.90. The molecular weight excluding hydrogens is 244 g/mol. The highest BCUT2D eigenvalue weighted by atomic mass is 16.5. The first-order valence-electron chi connectivity index (χ1n) is 6.51. The maximum absolute atomic E-state index is 11.7. The van der Waals surface area contributed by atoms with Gasteiger partial charge in [-0.2, -0.15) is 0 Å². The van der Waals surface area contributed by atoms with Gasteiger partial charge in [-0.15, -0.1) is 0 Å². The highest BCUT2D eigenvalue weighted by Crippen LogP contribution is 2.31. The third kappa shape index (κ3) is 3.70. The predicted octanol–water partition coefficient (Wildman–Crippen LogP) is 2.36. The molecule has 2 N–H and O–H groups in total. The monoisotopic (exact) mass is 266 g/mol. The number of phenolic OH excluding ortho intramolecular Hbond substituents is 1. The van der Waals surface area contributed by atoms with E-state index in [-0.39, 0.29) is 17.9 Å². The SMILES string of the molecule is CCOC(=O)C(C)(O)c1ccc(CC(C)C)cc1O. The average molecular weight is 266 g/mol. The van der Waals surface area contributed by atoms with E-state index in [4.69, 9.17) is 4.74 Å². The van der Waals surface area contributed by atoms with Gasteiger partial charge in [-0.1, -0.05) is 26.0 Å². The van der Waals surface area contributed by atoms with Crippen molar-refractivity contribution in [2.45, 2.75) is 39.7 Å². The number of hydrogen-bond acceptors (Lipinski definition) is 4. The minimum Gasteiger partial charge on any atom is -0.508 e. The van der Waals surface area contributed by atoms with Crippen molar-refractivity contribution >= 4 is 5.97 Å². The Morgan fingerprint density at radius 3 is 2.53 bits per heavy atom. The molecule has 1 unspecified atom stereocenters. The molecular formula is C15H22O4. The fraction of sp³-hybridized carbons (Fsp3) is 0.533. The van der Waals surface area contributed by atoms with Crippen molar-refractivity contribution in [3.8, 4) is 5.75 Å². The largest absolute Gasteiger partial charge is 0.508 e. The maximum atomic E-state index is 11.7. The van der Waals surface area contributed by atoms with Crippen LogP contribution < -0.4 is 0 Å². The van der Waals surface area contributed by atoms with Gasteiger partial charge in [0.2, 0.25) is 0 Å². The summed E-state index contributed by atoms with van der Waals surface area (Å²) in [6, 6.07) is 4.97. The summed E-state index contributed by atoms with van der Waals surface area (Å²) in [6.07, 6.45) is 0.829. The molecule has 0 aliphatic heterocycles. The van der Waals surface area contributed by atoms with Crippen LogP contribution in [-0.4, -0.2) is 22.8 Å². The minimum absolute atomic E-state index is 0.0868. The van der Waals surface area contributed by atoms with Crippen LogP contribution in [0.2, 0.25) is 0 Å². The molecule has 1 atom stereocenters. The van der Waals surface area contributed by atoms with Gasteiger partial charge in [0.25, 0.3) is 0 Å². The highest BCUT2D eigenvalue weighted by molar-refractivity contribution is 5.81. The molecule has 0 heterocycles. The molecule has 1 rings (SSSR count). The summed E-state index contributed by atoms with van der Waals surface area (Å²) in [5.74, 6) is -0.381. The molecule has 0 aliphatic rings. The second kappa shape index (κ2) is 6.06. The Morgan fingerprint density at radius 1 is 1.42 bits per heavy atom. The molecule has 1 aromatic rings. The van der Waals surface area contributed by atoms with Crippen LogP contribution in [0.15, 0.2) is 18.2 Å². The first-order chi connectivity index (χ1) is 8.78. The Morgan fingerprint density at radius 2 is 2.05 bits per heavy atom. The number of esters is 1. The Balaban J connectivity index is 3.04. The lowest BCUT2D eigenvalue weighted by Gasteiger charge is -2.22.